The van der Waals surface area contributed by atoms with E-state index in [1.54, 1.807) is 12.4 Å². The third-order valence-corrected chi connectivity index (χ3v) is 5.16. The molecule has 8 nitrogen and oxygen atoms in total. The van der Waals surface area contributed by atoms with Gasteiger partial charge in [-0.2, -0.15) is 0 Å². The number of amides is 2. The van der Waals surface area contributed by atoms with Gasteiger partial charge >= 0.3 is 0 Å². The molecule has 4 aromatic rings. The van der Waals surface area contributed by atoms with Crippen LogP contribution in [0.3, 0.4) is 0 Å². The number of rotatable bonds is 5. The van der Waals surface area contributed by atoms with Gasteiger partial charge in [-0.05, 0) is 63.1 Å². The Labute approximate surface area is 174 Å². The molecular formula is C22H24N6O2. The quantitative estimate of drug-likeness (QED) is 0.535. The van der Waals surface area contributed by atoms with E-state index >= 15 is 0 Å². The fraction of sp³-hybridized carbons (Fsp3) is 0.273. The van der Waals surface area contributed by atoms with Crippen molar-refractivity contribution in [2.75, 3.05) is 0 Å². The number of carbonyl (C=O) groups is 2. The monoisotopic (exact) mass is 404 g/mol. The van der Waals surface area contributed by atoms with Crippen molar-refractivity contribution in [1.29, 1.82) is 0 Å². The Morgan fingerprint density at radius 2 is 1.20 bits per heavy atom. The zero-order chi connectivity index (χ0) is 21.4. The molecule has 0 aliphatic carbocycles. The van der Waals surface area contributed by atoms with Gasteiger partial charge in [-0.15, -0.1) is 0 Å². The molecule has 0 bridgehead atoms. The van der Waals surface area contributed by atoms with Crippen molar-refractivity contribution >= 4 is 23.1 Å². The number of nitrogens with one attached hydrogen (secondary N) is 2. The van der Waals surface area contributed by atoms with Gasteiger partial charge in [0.1, 0.15) is 22.7 Å². The molecule has 0 spiro atoms. The van der Waals surface area contributed by atoms with Gasteiger partial charge in [0.25, 0.3) is 11.8 Å². The number of carbonyl (C=O) groups excluding carboxylic acids is 2. The van der Waals surface area contributed by atoms with Crippen LogP contribution in [-0.2, 0) is 0 Å². The Morgan fingerprint density at radius 1 is 0.800 bits per heavy atom. The number of pyridine rings is 2. The molecule has 30 heavy (non-hydrogen) atoms. The van der Waals surface area contributed by atoms with Crippen LogP contribution in [0.5, 0.6) is 0 Å². The van der Waals surface area contributed by atoms with Crippen molar-refractivity contribution in [3.05, 3.63) is 71.6 Å². The maximum absolute atomic E-state index is 12.6. The van der Waals surface area contributed by atoms with Crippen LogP contribution in [0.15, 0.2) is 49.1 Å². The Morgan fingerprint density at radius 3 is 1.60 bits per heavy atom. The zero-order valence-electron chi connectivity index (χ0n) is 17.4. The molecular weight excluding hydrogens is 380 g/mol. The van der Waals surface area contributed by atoms with E-state index in [9.17, 15) is 9.59 Å². The minimum atomic E-state index is -0.299. The maximum atomic E-state index is 12.6. The Bertz CT molecular complexity index is 1160. The van der Waals surface area contributed by atoms with Crippen molar-refractivity contribution in [3.8, 4) is 0 Å². The normalized spacial score (nSPS) is 13.3. The highest BCUT2D eigenvalue weighted by molar-refractivity contribution is 5.94. The molecule has 8 heteroatoms. The lowest BCUT2D eigenvalue weighted by Crippen LogP contribution is -2.48. The molecule has 0 fully saturated rings. The minimum absolute atomic E-state index is 0.284. The first-order valence-corrected chi connectivity index (χ1v) is 9.82. The Hall–Kier alpha value is -3.68. The first-order valence-electron chi connectivity index (χ1n) is 9.82. The third-order valence-electron chi connectivity index (χ3n) is 5.16. The van der Waals surface area contributed by atoms with Crippen molar-refractivity contribution < 1.29 is 9.59 Å². The van der Waals surface area contributed by atoms with Crippen molar-refractivity contribution in [2.45, 2.75) is 39.8 Å². The van der Waals surface area contributed by atoms with Crippen LogP contribution in [0.2, 0.25) is 0 Å². The minimum Gasteiger partial charge on any atom is -0.346 e. The number of imidazole rings is 2. The fourth-order valence-corrected chi connectivity index (χ4v) is 3.20. The summed E-state index contributed by atoms with van der Waals surface area (Å²) >= 11 is 0. The molecule has 0 aromatic carbocycles. The topological polar surface area (TPSA) is 92.8 Å². The number of hydrogen-bond donors (Lipinski definition) is 2. The molecule has 2 N–H and O–H groups in total. The van der Waals surface area contributed by atoms with Gasteiger partial charge in [-0.1, -0.05) is 0 Å². The highest BCUT2D eigenvalue weighted by atomic mass is 16.2. The number of aromatic nitrogens is 4. The summed E-state index contributed by atoms with van der Waals surface area (Å²) in [4.78, 5) is 34.0. The second kappa shape index (κ2) is 7.62. The second-order valence-electron chi connectivity index (χ2n) is 7.72. The average molecular weight is 404 g/mol. The molecule has 4 rings (SSSR count). The summed E-state index contributed by atoms with van der Waals surface area (Å²) < 4.78 is 3.62. The molecule has 0 aliphatic rings. The van der Waals surface area contributed by atoms with Gasteiger partial charge in [0.05, 0.1) is 0 Å². The van der Waals surface area contributed by atoms with E-state index in [0.29, 0.717) is 11.4 Å². The fourth-order valence-electron chi connectivity index (χ4n) is 3.20. The van der Waals surface area contributed by atoms with Gasteiger partial charge in [0.15, 0.2) is 0 Å². The summed E-state index contributed by atoms with van der Waals surface area (Å²) in [7, 11) is 0. The summed E-state index contributed by atoms with van der Waals surface area (Å²) in [5.74, 6) is -0.568. The van der Waals surface area contributed by atoms with Crippen LogP contribution < -0.4 is 10.6 Å². The molecule has 2 unspecified atom stereocenters. The summed E-state index contributed by atoms with van der Waals surface area (Å²) in [5, 5.41) is 5.81. The lowest BCUT2D eigenvalue weighted by molar-refractivity contribution is 0.0887. The Balaban J connectivity index is 1.41. The molecule has 0 saturated carbocycles. The third kappa shape index (κ3) is 3.89. The summed E-state index contributed by atoms with van der Waals surface area (Å²) in [5.41, 5.74) is 4.26. The molecule has 2 atom stereocenters. The zero-order valence-corrected chi connectivity index (χ0v) is 17.4. The van der Waals surface area contributed by atoms with Gasteiger partial charge in [-0.25, -0.2) is 9.97 Å². The van der Waals surface area contributed by atoms with E-state index in [1.165, 1.54) is 0 Å². The molecule has 0 radical (unpaired) electrons. The van der Waals surface area contributed by atoms with E-state index in [1.807, 2.05) is 73.2 Å². The maximum Gasteiger partial charge on any atom is 0.271 e. The van der Waals surface area contributed by atoms with Gasteiger partial charge < -0.3 is 19.4 Å². The first kappa shape index (κ1) is 19.6. The predicted molar refractivity (Wildman–Crippen MR) is 114 cm³/mol. The average Bonchev–Trinajstić information content (AvgIpc) is 3.31. The van der Waals surface area contributed by atoms with E-state index in [4.69, 9.17) is 0 Å². The van der Waals surface area contributed by atoms with Gasteiger partial charge in [0.2, 0.25) is 0 Å². The SMILES string of the molecule is Cc1ccn2cc(C(=O)NC(C)C(C)NC(=O)c3cn4ccc(C)cc4n3)nc2c1. The highest BCUT2D eigenvalue weighted by Gasteiger charge is 2.21. The van der Waals surface area contributed by atoms with E-state index in [0.717, 1.165) is 22.4 Å². The van der Waals surface area contributed by atoms with Crippen molar-refractivity contribution in [1.82, 2.24) is 29.4 Å². The summed E-state index contributed by atoms with van der Waals surface area (Å²) in [6, 6.07) is 7.15. The molecule has 0 saturated heterocycles. The number of fused-ring (bicyclic) bond motifs is 2. The standard InChI is InChI=1S/C22H24N6O2/c1-13-5-7-27-11-17(25-19(27)9-13)21(29)23-15(3)16(4)24-22(30)18-12-28-8-6-14(2)10-20(28)26-18/h5-12,15-16H,1-4H3,(H,23,29)(H,24,30). The molecule has 154 valence electrons. The van der Waals surface area contributed by atoms with Crippen LogP contribution in [0.1, 0.15) is 46.0 Å². The van der Waals surface area contributed by atoms with Gasteiger partial charge in [-0.3, -0.25) is 9.59 Å². The second-order valence-corrected chi connectivity index (χ2v) is 7.72. The largest absolute Gasteiger partial charge is 0.346 e. The lowest BCUT2D eigenvalue weighted by atomic mass is 10.1. The molecule has 0 aliphatic heterocycles. The predicted octanol–water partition coefficient (Wildman–Crippen LogP) is 2.54. The molecule has 4 aromatic heterocycles. The number of nitrogens with zero attached hydrogens (tertiary/aromatic N) is 4. The van der Waals surface area contributed by atoms with Crippen LogP contribution in [0.25, 0.3) is 11.3 Å². The van der Waals surface area contributed by atoms with E-state index in [2.05, 4.69) is 20.6 Å². The van der Waals surface area contributed by atoms with Gasteiger partial charge in [0, 0.05) is 36.9 Å². The van der Waals surface area contributed by atoms with Crippen LogP contribution >= 0.6 is 0 Å². The molecule has 4 heterocycles. The number of aryl methyl sites for hydroxylation is 2. The van der Waals surface area contributed by atoms with E-state index in [-0.39, 0.29) is 23.9 Å². The highest BCUT2D eigenvalue weighted by Crippen LogP contribution is 2.10. The van der Waals surface area contributed by atoms with Crippen LogP contribution in [0.4, 0.5) is 0 Å². The molecule has 2 amide bonds. The van der Waals surface area contributed by atoms with Crippen LogP contribution in [-0.4, -0.2) is 42.7 Å². The van der Waals surface area contributed by atoms with Crippen molar-refractivity contribution in [3.63, 3.8) is 0 Å². The van der Waals surface area contributed by atoms with Crippen LogP contribution in [0, 0.1) is 13.8 Å². The first-order chi connectivity index (χ1) is 14.3. The number of hydrogen-bond acceptors (Lipinski definition) is 4. The summed E-state index contributed by atoms with van der Waals surface area (Å²) in [6.45, 7) is 7.64. The smallest absolute Gasteiger partial charge is 0.271 e. The Kier molecular flexibility index (Phi) is 4.99. The summed E-state index contributed by atoms with van der Waals surface area (Å²) in [6.07, 6.45) is 7.13. The lowest BCUT2D eigenvalue weighted by Gasteiger charge is -2.21. The van der Waals surface area contributed by atoms with E-state index < -0.39 is 0 Å². The van der Waals surface area contributed by atoms with Crippen molar-refractivity contribution in [2.24, 2.45) is 0 Å².